The number of thioether (sulfide) groups is 1. The molecule has 2 heterocycles. The Morgan fingerprint density at radius 1 is 1.50 bits per heavy atom. The third-order valence-electron chi connectivity index (χ3n) is 3.28. The van der Waals surface area contributed by atoms with E-state index in [0.717, 1.165) is 12.2 Å². The fourth-order valence-electron chi connectivity index (χ4n) is 2.42. The summed E-state index contributed by atoms with van der Waals surface area (Å²) >= 11 is 2.00. The van der Waals surface area contributed by atoms with E-state index in [-0.39, 0.29) is 6.03 Å². The standard InChI is InChI=1S/C12H20N2OS/c1-8(2)5-3-4-6-10-11-9(7-16-10)13-12(15)14-11/h9-11H,1,3-7H2,2H3,(H2,13,14,15). The van der Waals surface area contributed by atoms with E-state index >= 15 is 0 Å². The van der Waals surface area contributed by atoms with Gasteiger partial charge in [-0.1, -0.05) is 12.0 Å². The van der Waals surface area contributed by atoms with Crippen LogP contribution < -0.4 is 10.6 Å². The van der Waals surface area contributed by atoms with E-state index < -0.39 is 0 Å². The number of amides is 2. The van der Waals surface area contributed by atoms with Gasteiger partial charge in [0.2, 0.25) is 0 Å². The van der Waals surface area contributed by atoms with E-state index in [2.05, 4.69) is 24.1 Å². The van der Waals surface area contributed by atoms with Crippen LogP contribution in [0.3, 0.4) is 0 Å². The van der Waals surface area contributed by atoms with Crippen LogP contribution in [0.1, 0.15) is 32.6 Å². The van der Waals surface area contributed by atoms with E-state index in [1.807, 2.05) is 11.8 Å². The number of rotatable bonds is 5. The number of nitrogens with one attached hydrogen (secondary N) is 2. The predicted molar refractivity (Wildman–Crippen MR) is 68.8 cm³/mol. The fourth-order valence-corrected chi connectivity index (χ4v) is 3.96. The van der Waals surface area contributed by atoms with Crippen molar-refractivity contribution < 1.29 is 4.79 Å². The molecule has 0 spiro atoms. The van der Waals surface area contributed by atoms with Crippen molar-refractivity contribution in [3.8, 4) is 0 Å². The normalized spacial score (nSPS) is 32.1. The van der Waals surface area contributed by atoms with Gasteiger partial charge >= 0.3 is 6.03 Å². The van der Waals surface area contributed by atoms with Crippen molar-refractivity contribution in [3.63, 3.8) is 0 Å². The van der Waals surface area contributed by atoms with Crippen LogP contribution in [0, 0.1) is 0 Å². The predicted octanol–water partition coefficient (Wildman–Crippen LogP) is 2.29. The number of fused-ring (bicyclic) bond motifs is 1. The Labute approximate surface area is 101 Å². The number of allylic oxidation sites excluding steroid dienone is 1. The maximum Gasteiger partial charge on any atom is 0.315 e. The van der Waals surface area contributed by atoms with Crippen LogP contribution in [-0.4, -0.2) is 29.1 Å². The highest BCUT2D eigenvalue weighted by atomic mass is 32.2. The van der Waals surface area contributed by atoms with Crippen molar-refractivity contribution in [2.45, 2.75) is 49.9 Å². The number of hydrogen-bond acceptors (Lipinski definition) is 2. The second-order valence-electron chi connectivity index (χ2n) is 4.82. The van der Waals surface area contributed by atoms with Crippen molar-refractivity contribution in [1.82, 2.24) is 10.6 Å². The van der Waals surface area contributed by atoms with Crippen LogP contribution in [0.4, 0.5) is 4.79 Å². The highest BCUT2D eigenvalue weighted by molar-refractivity contribution is 8.00. The Morgan fingerprint density at radius 3 is 3.06 bits per heavy atom. The second kappa shape index (κ2) is 5.13. The third-order valence-corrected chi connectivity index (χ3v) is 4.79. The first-order valence-corrected chi connectivity index (χ1v) is 7.04. The second-order valence-corrected chi connectivity index (χ2v) is 6.10. The van der Waals surface area contributed by atoms with E-state index in [1.54, 1.807) is 0 Å². The molecule has 90 valence electrons. The van der Waals surface area contributed by atoms with Gasteiger partial charge in [0.1, 0.15) is 0 Å². The smallest absolute Gasteiger partial charge is 0.315 e. The average Bonchev–Trinajstić information content (AvgIpc) is 2.72. The van der Waals surface area contributed by atoms with Crippen LogP contribution in [-0.2, 0) is 0 Å². The SMILES string of the molecule is C=C(C)CCCCC1SCC2NC(=O)NC21. The van der Waals surface area contributed by atoms with Gasteiger partial charge in [0.15, 0.2) is 0 Å². The van der Waals surface area contributed by atoms with E-state index in [1.165, 1.54) is 24.8 Å². The zero-order valence-corrected chi connectivity index (χ0v) is 10.6. The summed E-state index contributed by atoms with van der Waals surface area (Å²) in [7, 11) is 0. The molecule has 0 aromatic rings. The molecular weight excluding hydrogens is 220 g/mol. The number of unbranched alkanes of at least 4 members (excludes halogenated alkanes) is 1. The topological polar surface area (TPSA) is 41.1 Å². The van der Waals surface area contributed by atoms with Crippen LogP contribution >= 0.6 is 11.8 Å². The van der Waals surface area contributed by atoms with Gasteiger partial charge in [0.05, 0.1) is 12.1 Å². The highest BCUT2D eigenvalue weighted by Crippen LogP contribution is 2.33. The first kappa shape index (κ1) is 11.8. The van der Waals surface area contributed by atoms with Crippen LogP contribution in [0.15, 0.2) is 12.2 Å². The van der Waals surface area contributed by atoms with Gasteiger partial charge in [0, 0.05) is 11.0 Å². The molecule has 0 bridgehead atoms. The summed E-state index contributed by atoms with van der Waals surface area (Å²) in [5.74, 6) is 1.06. The maximum atomic E-state index is 11.2. The molecular formula is C12H20N2OS. The summed E-state index contributed by atoms with van der Waals surface area (Å²) in [6.45, 7) is 6.00. The first-order valence-electron chi connectivity index (χ1n) is 6.00. The Bertz CT molecular complexity index is 293. The molecule has 2 N–H and O–H groups in total. The Hall–Kier alpha value is -0.640. The number of carbonyl (C=O) groups is 1. The van der Waals surface area contributed by atoms with Gasteiger partial charge in [-0.2, -0.15) is 11.8 Å². The number of hydrogen-bond donors (Lipinski definition) is 2. The van der Waals surface area contributed by atoms with E-state index in [4.69, 9.17) is 0 Å². The quantitative estimate of drug-likeness (QED) is 0.440. The molecule has 2 fully saturated rings. The molecule has 3 atom stereocenters. The van der Waals surface area contributed by atoms with Crippen LogP contribution in [0.5, 0.6) is 0 Å². The maximum absolute atomic E-state index is 11.2. The van der Waals surface area contributed by atoms with Gasteiger partial charge in [-0.05, 0) is 26.2 Å². The number of urea groups is 1. The van der Waals surface area contributed by atoms with Crippen LogP contribution in [0.25, 0.3) is 0 Å². The lowest BCUT2D eigenvalue weighted by atomic mass is 10.0. The molecule has 2 amide bonds. The first-order chi connectivity index (χ1) is 7.66. The summed E-state index contributed by atoms with van der Waals surface area (Å²) in [5, 5.41) is 6.60. The summed E-state index contributed by atoms with van der Waals surface area (Å²) in [4.78, 5) is 11.2. The van der Waals surface area contributed by atoms with E-state index in [9.17, 15) is 4.79 Å². The largest absolute Gasteiger partial charge is 0.332 e. The van der Waals surface area contributed by atoms with E-state index in [0.29, 0.717) is 17.3 Å². The molecule has 4 heteroatoms. The minimum atomic E-state index is 0.0160. The summed E-state index contributed by atoms with van der Waals surface area (Å²) < 4.78 is 0. The van der Waals surface area contributed by atoms with Gasteiger partial charge in [0.25, 0.3) is 0 Å². The fraction of sp³-hybridized carbons (Fsp3) is 0.750. The van der Waals surface area contributed by atoms with Crippen molar-refractivity contribution in [1.29, 1.82) is 0 Å². The van der Waals surface area contributed by atoms with Crippen LogP contribution in [0.2, 0.25) is 0 Å². The molecule has 2 aliphatic heterocycles. The molecule has 0 aliphatic carbocycles. The average molecular weight is 240 g/mol. The lowest BCUT2D eigenvalue weighted by Gasteiger charge is -2.16. The minimum Gasteiger partial charge on any atom is -0.332 e. The van der Waals surface area contributed by atoms with Gasteiger partial charge < -0.3 is 10.6 Å². The molecule has 3 nitrogen and oxygen atoms in total. The Kier molecular flexibility index (Phi) is 3.79. The lowest BCUT2D eigenvalue weighted by Crippen LogP contribution is -2.36. The molecule has 0 radical (unpaired) electrons. The summed E-state index contributed by atoms with van der Waals surface area (Å²) in [6, 6.07) is 0.744. The summed E-state index contributed by atoms with van der Waals surface area (Å²) in [5.41, 5.74) is 1.27. The van der Waals surface area contributed by atoms with Crippen molar-refractivity contribution in [3.05, 3.63) is 12.2 Å². The van der Waals surface area contributed by atoms with Crippen molar-refractivity contribution in [2.75, 3.05) is 5.75 Å². The molecule has 2 rings (SSSR count). The molecule has 3 unspecified atom stereocenters. The monoisotopic (exact) mass is 240 g/mol. The lowest BCUT2D eigenvalue weighted by molar-refractivity contribution is 0.247. The van der Waals surface area contributed by atoms with Gasteiger partial charge in [-0.25, -0.2) is 4.79 Å². The molecule has 2 saturated heterocycles. The molecule has 0 aromatic carbocycles. The minimum absolute atomic E-state index is 0.0160. The molecule has 16 heavy (non-hydrogen) atoms. The van der Waals surface area contributed by atoms with Crippen molar-refractivity contribution >= 4 is 17.8 Å². The zero-order chi connectivity index (χ0) is 11.5. The number of carbonyl (C=O) groups excluding carboxylic acids is 1. The van der Waals surface area contributed by atoms with Crippen molar-refractivity contribution in [2.24, 2.45) is 0 Å². The third kappa shape index (κ3) is 2.73. The van der Waals surface area contributed by atoms with Gasteiger partial charge in [-0.15, -0.1) is 6.58 Å². The van der Waals surface area contributed by atoms with Gasteiger partial charge in [-0.3, -0.25) is 0 Å². The summed E-state index contributed by atoms with van der Waals surface area (Å²) in [6.07, 6.45) is 4.81. The highest BCUT2D eigenvalue weighted by Gasteiger charge is 2.42. The Morgan fingerprint density at radius 2 is 2.31 bits per heavy atom. The zero-order valence-electron chi connectivity index (χ0n) is 9.79. The molecule has 0 aromatic heterocycles. The molecule has 0 saturated carbocycles. The molecule has 2 aliphatic rings. The Balaban J connectivity index is 1.70.